The molecular weight excluding hydrogens is 198 g/mol. The summed E-state index contributed by atoms with van der Waals surface area (Å²) < 4.78 is 0. The normalized spacial score (nSPS) is 29.8. The average molecular weight is 223 g/mol. The first-order valence-corrected chi connectivity index (χ1v) is 6.20. The molecule has 1 heterocycles. The van der Waals surface area contributed by atoms with Crippen LogP contribution < -0.4 is 0 Å². The van der Waals surface area contributed by atoms with Crippen LogP contribution in [0.15, 0.2) is 0 Å². The van der Waals surface area contributed by atoms with Crippen LogP contribution in [0.2, 0.25) is 0 Å². The van der Waals surface area contributed by atoms with E-state index in [0.717, 1.165) is 13.1 Å². The maximum Gasteiger partial charge on any atom is 0.0638 e. The zero-order valence-electron chi connectivity index (χ0n) is 11.3. The molecule has 92 valence electrons. The van der Waals surface area contributed by atoms with Crippen molar-refractivity contribution in [3.8, 4) is 6.07 Å². The lowest BCUT2D eigenvalue weighted by Crippen LogP contribution is -2.53. The molecule has 0 saturated carbocycles. The van der Waals surface area contributed by atoms with Crippen molar-refractivity contribution in [1.82, 2.24) is 9.80 Å². The molecule has 2 atom stereocenters. The molecule has 0 radical (unpaired) electrons. The van der Waals surface area contributed by atoms with Crippen LogP contribution in [0.1, 0.15) is 40.5 Å². The Morgan fingerprint density at radius 1 is 1.38 bits per heavy atom. The predicted octanol–water partition coefficient (Wildman–Crippen LogP) is 2.09. The highest BCUT2D eigenvalue weighted by molar-refractivity contribution is 4.94. The highest BCUT2D eigenvalue weighted by Gasteiger charge is 2.35. The molecule has 1 saturated heterocycles. The van der Waals surface area contributed by atoms with Gasteiger partial charge < -0.3 is 4.90 Å². The van der Waals surface area contributed by atoms with Crippen molar-refractivity contribution in [2.45, 2.75) is 58.2 Å². The molecule has 1 fully saturated rings. The van der Waals surface area contributed by atoms with Crippen LogP contribution in [0.3, 0.4) is 0 Å². The van der Waals surface area contributed by atoms with Crippen LogP contribution >= 0.6 is 0 Å². The van der Waals surface area contributed by atoms with Crippen LogP contribution in [-0.2, 0) is 0 Å². The molecule has 0 N–H and O–H groups in total. The lowest BCUT2D eigenvalue weighted by molar-refractivity contribution is 0.0463. The highest BCUT2D eigenvalue weighted by atomic mass is 15.3. The molecule has 0 spiro atoms. The minimum absolute atomic E-state index is 0.145. The molecule has 3 nitrogen and oxygen atoms in total. The third-order valence-corrected chi connectivity index (χ3v) is 3.42. The van der Waals surface area contributed by atoms with Gasteiger partial charge in [-0.15, -0.1) is 0 Å². The van der Waals surface area contributed by atoms with E-state index in [-0.39, 0.29) is 5.54 Å². The van der Waals surface area contributed by atoms with E-state index in [1.54, 1.807) is 0 Å². The van der Waals surface area contributed by atoms with Gasteiger partial charge >= 0.3 is 0 Å². The first-order chi connectivity index (χ1) is 7.36. The van der Waals surface area contributed by atoms with Gasteiger partial charge in [-0.05, 0) is 47.7 Å². The Morgan fingerprint density at radius 3 is 2.50 bits per heavy atom. The summed E-state index contributed by atoms with van der Waals surface area (Å²) in [4.78, 5) is 4.88. The van der Waals surface area contributed by atoms with Crippen LogP contribution in [0, 0.1) is 11.3 Å². The summed E-state index contributed by atoms with van der Waals surface area (Å²) in [7, 11) is 2.16. The molecule has 0 amide bonds. The van der Waals surface area contributed by atoms with Crippen LogP contribution in [0.5, 0.6) is 0 Å². The van der Waals surface area contributed by atoms with Gasteiger partial charge in [-0.1, -0.05) is 0 Å². The Balaban J connectivity index is 2.91. The Kier molecular flexibility index (Phi) is 4.35. The zero-order chi connectivity index (χ0) is 12.3. The van der Waals surface area contributed by atoms with E-state index in [1.165, 1.54) is 6.42 Å². The number of hydrogen-bond acceptors (Lipinski definition) is 3. The maximum absolute atomic E-state index is 8.97. The van der Waals surface area contributed by atoms with Crippen molar-refractivity contribution in [3.63, 3.8) is 0 Å². The van der Waals surface area contributed by atoms with Gasteiger partial charge in [-0.3, -0.25) is 4.90 Å². The molecule has 0 aromatic carbocycles. The summed E-state index contributed by atoms with van der Waals surface area (Å²) >= 11 is 0. The van der Waals surface area contributed by atoms with Crippen molar-refractivity contribution in [2.24, 2.45) is 0 Å². The summed E-state index contributed by atoms with van der Waals surface area (Å²) in [5.41, 5.74) is 0.145. The predicted molar refractivity (Wildman–Crippen MR) is 67.2 cm³/mol. The maximum atomic E-state index is 8.97. The molecule has 1 rings (SSSR count). The van der Waals surface area contributed by atoms with E-state index in [2.05, 4.69) is 50.6 Å². The van der Waals surface area contributed by atoms with Gasteiger partial charge in [-0.2, -0.15) is 5.26 Å². The number of hydrogen-bond donors (Lipinski definition) is 0. The highest BCUT2D eigenvalue weighted by Crippen LogP contribution is 2.26. The van der Waals surface area contributed by atoms with E-state index in [9.17, 15) is 0 Å². The van der Waals surface area contributed by atoms with Crippen LogP contribution in [0.25, 0.3) is 0 Å². The third-order valence-electron chi connectivity index (χ3n) is 3.42. The molecule has 1 aliphatic rings. The second-order valence-corrected chi connectivity index (χ2v) is 5.99. The van der Waals surface area contributed by atoms with Gasteiger partial charge in [0.05, 0.1) is 12.5 Å². The number of rotatable bonds is 1. The number of nitrogens with zero attached hydrogens (tertiary/aromatic N) is 3. The van der Waals surface area contributed by atoms with Gasteiger partial charge in [0.15, 0.2) is 0 Å². The SMILES string of the molecule is CC1CCN(C)CC(CC#N)N1C(C)(C)C. The second kappa shape index (κ2) is 5.16. The summed E-state index contributed by atoms with van der Waals surface area (Å²) in [5, 5.41) is 8.97. The number of nitriles is 1. The fraction of sp³-hybridized carbons (Fsp3) is 0.923. The molecular formula is C13H25N3. The van der Waals surface area contributed by atoms with Crippen LogP contribution in [-0.4, -0.2) is 47.6 Å². The summed E-state index contributed by atoms with van der Waals surface area (Å²) in [5.74, 6) is 0. The Bertz CT molecular complexity index is 261. The second-order valence-electron chi connectivity index (χ2n) is 5.99. The molecule has 2 unspecified atom stereocenters. The van der Waals surface area contributed by atoms with Crippen molar-refractivity contribution in [2.75, 3.05) is 20.1 Å². The lowest BCUT2D eigenvalue weighted by atomic mass is 9.98. The van der Waals surface area contributed by atoms with Gasteiger partial charge in [0.2, 0.25) is 0 Å². The first kappa shape index (κ1) is 13.5. The van der Waals surface area contributed by atoms with E-state index in [4.69, 9.17) is 5.26 Å². The van der Waals surface area contributed by atoms with E-state index >= 15 is 0 Å². The van der Waals surface area contributed by atoms with Crippen molar-refractivity contribution >= 4 is 0 Å². The van der Waals surface area contributed by atoms with E-state index in [0.29, 0.717) is 18.5 Å². The van der Waals surface area contributed by atoms with Crippen LogP contribution in [0.4, 0.5) is 0 Å². The molecule has 0 bridgehead atoms. The first-order valence-electron chi connectivity index (χ1n) is 6.20. The van der Waals surface area contributed by atoms with Gasteiger partial charge in [0.25, 0.3) is 0 Å². The molecule has 16 heavy (non-hydrogen) atoms. The molecule has 3 heteroatoms. The molecule has 0 aliphatic carbocycles. The monoisotopic (exact) mass is 223 g/mol. The lowest BCUT2D eigenvalue weighted by Gasteiger charge is -2.44. The van der Waals surface area contributed by atoms with Gasteiger partial charge in [0, 0.05) is 24.2 Å². The fourth-order valence-corrected chi connectivity index (χ4v) is 2.92. The molecule has 1 aliphatic heterocycles. The topological polar surface area (TPSA) is 30.3 Å². The average Bonchev–Trinajstić information content (AvgIpc) is 2.25. The largest absolute Gasteiger partial charge is 0.305 e. The van der Waals surface area contributed by atoms with E-state index < -0.39 is 0 Å². The quantitative estimate of drug-likeness (QED) is 0.682. The standard InChI is InChI=1S/C13H25N3/c1-11-7-9-15(5)10-12(6-8-14)16(11)13(2,3)4/h11-12H,6-7,9-10H2,1-5H3. The fourth-order valence-electron chi connectivity index (χ4n) is 2.92. The van der Waals surface area contributed by atoms with Crippen molar-refractivity contribution in [1.29, 1.82) is 5.26 Å². The Labute approximate surface area is 100 Å². The van der Waals surface area contributed by atoms with Crippen molar-refractivity contribution < 1.29 is 0 Å². The zero-order valence-corrected chi connectivity index (χ0v) is 11.3. The minimum Gasteiger partial charge on any atom is -0.305 e. The van der Waals surface area contributed by atoms with E-state index in [1.807, 2.05) is 0 Å². The summed E-state index contributed by atoms with van der Waals surface area (Å²) in [6.07, 6.45) is 1.82. The third kappa shape index (κ3) is 3.20. The Hall–Kier alpha value is -0.590. The smallest absolute Gasteiger partial charge is 0.0638 e. The summed E-state index contributed by atoms with van der Waals surface area (Å²) in [6.45, 7) is 11.2. The summed E-state index contributed by atoms with van der Waals surface area (Å²) in [6, 6.07) is 3.27. The van der Waals surface area contributed by atoms with Gasteiger partial charge in [0.1, 0.15) is 0 Å². The van der Waals surface area contributed by atoms with Gasteiger partial charge in [-0.25, -0.2) is 0 Å². The Morgan fingerprint density at radius 2 is 2.00 bits per heavy atom. The van der Waals surface area contributed by atoms with Crippen molar-refractivity contribution in [3.05, 3.63) is 0 Å². The minimum atomic E-state index is 0.145. The molecule has 0 aromatic rings. The molecule has 0 aromatic heterocycles. The number of likely N-dealkylation sites (N-methyl/N-ethyl adjacent to an activating group) is 1.